The third-order valence-electron chi connectivity index (χ3n) is 4.20. The molecule has 1 unspecified atom stereocenters. The highest BCUT2D eigenvalue weighted by Crippen LogP contribution is 2.54. The van der Waals surface area contributed by atoms with Crippen LogP contribution in [0.25, 0.3) is 0 Å². The summed E-state index contributed by atoms with van der Waals surface area (Å²) < 4.78 is 5.86. The molecule has 0 aromatic carbocycles. The maximum Gasteiger partial charge on any atom is 0.333 e. The smallest absolute Gasteiger partial charge is 0.333 e. The molecule has 0 aliphatic heterocycles. The predicted octanol–water partition coefficient (Wildman–Crippen LogP) is 3.85. The van der Waals surface area contributed by atoms with E-state index < -0.39 is 0 Å². The zero-order valence-electron chi connectivity index (χ0n) is 11.3. The molecule has 0 N–H and O–H groups in total. The van der Waals surface area contributed by atoms with Gasteiger partial charge in [0, 0.05) is 5.57 Å². The third kappa shape index (κ3) is 2.72. The van der Waals surface area contributed by atoms with E-state index in [1.165, 1.54) is 25.7 Å². The first-order valence-electron chi connectivity index (χ1n) is 6.74. The van der Waals surface area contributed by atoms with Crippen molar-refractivity contribution in [1.82, 2.24) is 0 Å². The Morgan fingerprint density at radius 1 is 1.29 bits per heavy atom. The summed E-state index contributed by atoms with van der Waals surface area (Å²) in [6.07, 6.45) is 6.92. The van der Waals surface area contributed by atoms with Gasteiger partial charge in [0.05, 0.1) is 0 Å². The minimum absolute atomic E-state index is 0.183. The van der Waals surface area contributed by atoms with Gasteiger partial charge in [-0.2, -0.15) is 0 Å². The fraction of sp³-hybridized carbons (Fsp3) is 0.800. The van der Waals surface area contributed by atoms with E-state index in [2.05, 4.69) is 20.4 Å². The van der Waals surface area contributed by atoms with E-state index in [0.717, 1.165) is 12.8 Å². The molecule has 17 heavy (non-hydrogen) atoms. The Labute approximate surface area is 104 Å². The zero-order valence-corrected chi connectivity index (χ0v) is 11.3. The van der Waals surface area contributed by atoms with Crippen molar-refractivity contribution in [3.63, 3.8) is 0 Å². The predicted molar refractivity (Wildman–Crippen MR) is 68.6 cm³/mol. The van der Waals surface area contributed by atoms with Crippen LogP contribution in [-0.4, -0.2) is 11.6 Å². The van der Waals surface area contributed by atoms with E-state index in [1.54, 1.807) is 6.92 Å². The van der Waals surface area contributed by atoms with Gasteiger partial charge in [-0.05, 0) is 56.8 Å². The Bertz CT molecular complexity index is 339. The van der Waals surface area contributed by atoms with Crippen molar-refractivity contribution < 1.29 is 9.53 Å². The van der Waals surface area contributed by atoms with E-state index in [-0.39, 0.29) is 11.6 Å². The summed E-state index contributed by atoms with van der Waals surface area (Å²) in [5.41, 5.74) is 0.641. The van der Waals surface area contributed by atoms with Crippen LogP contribution < -0.4 is 0 Å². The standard InChI is InChI=1S/C15H24O2/c1-11(2)13(16)17-15(12-6-7-12)9-5-8-14(3,4)10-15/h12H,1,5-10H2,2-4H3. The molecule has 0 spiro atoms. The summed E-state index contributed by atoms with van der Waals surface area (Å²) in [6.45, 7) is 10.0. The van der Waals surface area contributed by atoms with Crippen molar-refractivity contribution >= 4 is 5.97 Å². The highest BCUT2D eigenvalue weighted by atomic mass is 16.6. The van der Waals surface area contributed by atoms with Gasteiger partial charge in [0.25, 0.3) is 0 Å². The number of carbonyl (C=O) groups is 1. The minimum Gasteiger partial charge on any atom is -0.455 e. The van der Waals surface area contributed by atoms with Crippen LogP contribution in [-0.2, 0) is 9.53 Å². The van der Waals surface area contributed by atoms with Crippen molar-refractivity contribution in [2.24, 2.45) is 11.3 Å². The molecule has 1 atom stereocenters. The molecule has 0 radical (unpaired) electrons. The number of hydrogen-bond donors (Lipinski definition) is 0. The topological polar surface area (TPSA) is 26.3 Å². The molecule has 0 bridgehead atoms. The number of esters is 1. The molecule has 2 heteroatoms. The van der Waals surface area contributed by atoms with Crippen molar-refractivity contribution in [2.75, 3.05) is 0 Å². The molecule has 0 heterocycles. The summed E-state index contributed by atoms with van der Waals surface area (Å²) in [4.78, 5) is 11.8. The minimum atomic E-state index is -0.199. The molecule has 2 nitrogen and oxygen atoms in total. The maximum absolute atomic E-state index is 11.8. The summed E-state index contributed by atoms with van der Waals surface area (Å²) in [5, 5.41) is 0. The first kappa shape index (κ1) is 12.7. The quantitative estimate of drug-likeness (QED) is 0.549. The monoisotopic (exact) mass is 236 g/mol. The van der Waals surface area contributed by atoms with Gasteiger partial charge in [0.2, 0.25) is 0 Å². The molecule has 0 amide bonds. The molecule has 2 fully saturated rings. The van der Waals surface area contributed by atoms with Crippen LogP contribution in [0.2, 0.25) is 0 Å². The maximum atomic E-state index is 11.8. The Morgan fingerprint density at radius 3 is 2.41 bits per heavy atom. The van der Waals surface area contributed by atoms with Crippen molar-refractivity contribution in [2.45, 2.75) is 64.9 Å². The fourth-order valence-electron chi connectivity index (χ4n) is 3.25. The van der Waals surface area contributed by atoms with Crippen molar-refractivity contribution in [3.05, 3.63) is 12.2 Å². The van der Waals surface area contributed by atoms with Crippen LogP contribution in [0.3, 0.4) is 0 Å². The molecule has 0 saturated heterocycles. The Kier molecular flexibility index (Phi) is 3.09. The lowest BCUT2D eigenvalue weighted by Gasteiger charge is -2.44. The van der Waals surface area contributed by atoms with Crippen molar-refractivity contribution in [3.8, 4) is 0 Å². The lowest BCUT2D eigenvalue weighted by Crippen LogP contribution is -2.44. The zero-order chi connectivity index (χ0) is 12.7. The van der Waals surface area contributed by atoms with Gasteiger partial charge >= 0.3 is 5.97 Å². The highest BCUT2D eigenvalue weighted by molar-refractivity contribution is 5.87. The lowest BCUT2D eigenvalue weighted by molar-refractivity contribution is -0.166. The second kappa shape index (κ2) is 4.15. The van der Waals surface area contributed by atoms with E-state index in [0.29, 0.717) is 16.9 Å². The fourth-order valence-corrected chi connectivity index (χ4v) is 3.25. The molecule has 96 valence electrons. The van der Waals surface area contributed by atoms with E-state index in [4.69, 9.17) is 4.74 Å². The average Bonchev–Trinajstić information content (AvgIpc) is 2.98. The van der Waals surface area contributed by atoms with Crippen LogP contribution >= 0.6 is 0 Å². The second-order valence-electron chi connectivity index (χ2n) is 6.70. The van der Waals surface area contributed by atoms with Gasteiger partial charge in [0.1, 0.15) is 5.60 Å². The number of ether oxygens (including phenoxy) is 1. The molecule has 2 aliphatic carbocycles. The number of carbonyl (C=O) groups excluding carboxylic acids is 1. The van der Waals surface area contributed by atoms with Gasteiger partial charge in [-0.15, -0.1) is 0 Å². The van der Waals surface area contributed by atoms with Gasteiger partial charge in [-0.25, -0.2) is 4.79 Å². The molecular weight excluding hydrogens is 212 g/mol. The molecule has 2 rings (SSSR count). The van der Waals surface area contributed by atoms with Crippen LogP contribution in [0.1, 0.15) is 59.3 Å². The lowest BCUT2D eigenvalue weighted by atomic mass is 9.68. The number of hydrogen-bond acceptors (Lipinski definition) is 2. The second-order valence-corrected chi connectivity index (χ2v) is 6.70. The first-order valence-corrected chi connectivity index (χ1v) is 6.74. The highest BCUT2D eigenvalue weighted by Gasteiger charge is 2.52. The average molecular weight is 236 g/mol. The SMILES string of the molecule is C=C(C)C(=O)OC1(C2CC2)CCCC(C)(C)C1. The molecule has 2 saturated carbocycles. The molecular formula is C15H24O2. The third-order valence-corrected chi connectivity index (χ3v) is 4.20. The van der Waals surface area contributed by atoms with Crippen LogP contribution in [0.15, 0.2) is 12.2 Å². The molecule has 0 aromatic heterocycles. The summed E-state index contributed by atoms with van der Waals surface area (Å²) in [7, 11) is 0. The first-order chi connectivity index (χ1) is 7.85. The largest absolute Gasteiger partial charge is 0.455 e. The van der Waals surface area contributed by atoms with E-state index in [9.17, 15) is 4.79 Å². The summed E-state index contributed by atoms with van der Waals surface area (Å²) in [6, 6.07) is 0. The van der Waals surface area contributed by atoms with E-state index in [1.807, 2.05) is 0 Å². The summed E-state index contributed by atoms with van der Waals surface area (Å²) in [5.74, 6) is 0.403. The van der Waals surface area contributed by atoms with Crippen LogP contribution in [0.5, 0.6) is 0 Å². The Balaban J connectivity index is 2.15. The van der Waals surface area contributed by atoms with Crippen molar-refractivity contribution in [1.29, 1.82) is 0 Å². The Morgan fingerprint density at radius 2 is 1.94 bits per heavy atom. The Hall–Kier alpha value is -0.790. The van der Waals surface area contributed by atoms with Gasteiger partial charge in [-0.3, -0.25) is 0 Å². The normalized spacial score (nSPS) is 31.9. The molecule has 0 aromatic rings. The number of rotatable bonds is 3. The van der Waals surface area contributed by atoms with Gasteiger partial charge in [-0.1, -0.05) is 20.4 Å². The van der Waals surface area contributed by atoms with Gasteiger partial charge < -0.3 is 4.74 Å². The van der Waals surface area contributed by atoms with E-state index >= 15 is 0 Å². The summed E-state index contributed by atoms with van der Waals surface area (Å²) >= 11 is 0. The van der Waals surface area contributed by atoms with Gasteiger partial charge in [0.15, 0.2) is 0 Å². The molecule has 2 aliphatic rings. The van der Waals surface area contributed by atoms with Crippen LogP contribution in [0, 0.1) is 11.3 Å². The van der Waals surface area contributed by atoms with Crippen LogP contribution in [0.4, 0.5) is 0 Å².